The summed E-state index contributed by atoms with van der Waals surface area (Å²) in [5.41, 5.74) is 7.97. The zero-order valence-corrected chi connectivity index (χ0v) is 12.7. The molecule has 1 fully saturated rings. The molecule has 0 saturated carbocycles. The molecule has 0 radical (unpaired) electrons. The maximum atomic E-state index is 12.4. The summed E-state index contributed by atoms with van der Waals surface area (Å²) in [7, 11) is 1.82. The minimum atomic E-state index is 0.0203. The Morgan fingerprint density at radius 2 is 2.33 bits per heavy atom. The van der Waals surface area contributed by atoms with E-state index in [0.717, 1.165) is 30.6 Å². The first-order valence-electron chi connectivity index (χ1n) is 7.28. The Labute approximate surface area is 126 Å². The molecule has 1 heterocycles. The highest BCUT2D eigenvalue weighted by atomic mass is 16.5. The molecule has 1 unspecified atom stereocenters. The Bertz CT molecular complexity index is 566. The van der Waals surface area contributed by atoms with Crippen molar-refractivity contribution in [3.8, 4) is 11.8 Å². The van der Waals surface area contributed by atoms with Gasteiger partial charge < -0.3 is 15.4 Å². The molecule has 1 saturated heterocycles. The van der Waals surface area contributed by atoms with E-state index in [1.165, 1.54) is 0 Å². The van der Waals surface area contributed by atoms with E-state index >= 15 is 0 Å². The molecule has 0 spiro atoms. The lowest BCUT2D eigenvalue weighted by atomic mass is 10.0. The minimum Gasteiger partial charge on any atom is -0.376 e. The van der Waals surface area contributed by atoms with E-state index in [-0.39, 0.29) is 12.0 Å². The van der Waals surface area contributed by atoms with E-state index in [9.17, 15) is 4.79 Å². The molecule has 0 bridgehead atoms. The van der Waals surface area contributed by atoms with Crippen LogP contribution in [0.4, 0.5) is 0 Å². The first-order valence-corrected chi connectivity index (χ1v) is 7.28. The van der Waals surface area contributed by atoms with Gasteiger partial charge in [0, 0.05) is 31.3 Å². The third kappa shape index (κ3) is 4.07. The number of nitrogens with two attached hydrogens (primary N) is 1. The van der Waals surface area contributed by atoms with Crippen molar-refractivity contribution < 1.29 is 9.53 Å². The Kier molecular flexibility index (Phi) is 5.38. The molecule has 1 aliphatic heterocycles. The minimum absolute atomic E-state index is 0.0203. The molecule has 1 atom stereocenters. The molecule has 2 rings (SSSR count). The van der Waals surface area contributed by atoms with Crippen LogP contribution in [0.1, 0.15) is 34.3 Å². The second-order valence-electron chi connectivity index (χ2n) is 5.36. The van der Waals surface area contributed by atoms with E-state index in [2.05, 4.69) is 11.8 Å². The van der Waals surface area contributed by atoms with E-state index in [1.807, 2.05) is 32.2 Å². The SMILES string of the molecule is Cc1cc(C(=O)N(C)CC2CCCO2)ccc1C#CCN. The summed E-state index contributed by atoms with van der Waals surface area (Å²) in [6.45, 7) is 3.74. The molecule has 4 nitrogen and oxygen atoms in total. The van der Waals surface area contributed by atoms with Crippen molar-refractivity contribution in [2.24, 2.45) is 5.73 Å². The highest BCUT2D eigenvalue weighted by Crippen LogP contribution is 2.15. The van der Waals surface area contributed by atoms with E-state index < -0.39 is 0 Å². The average Bonchev–Trinajstić information content (AvgIpc) is 2.98. The van der Waals surface area contributed by atoms with Gasteiger partial charge in [-0.3, -0.25) is 4.79 Å². The number of hydrogen-bond acceptors (Lipinski definition) is 3. The van der Waals surface area contributed by atoms with Gasteiger partial charge in [-0.05, 0) is 43.5 Å². The molecule has 1 aliphatic rings. The summed E-state index contributed by atoms with van der Waals surface area (Å²) in [6.07, 6.45) is 2.29. The van der Waals surface area contributed by atoms with Crippen LogP contribution in [0.3, 0.4) is 0 Å². The molecular formula is C17H22N2O2. The van der Waals surface area contributed by atoms with Gasteiger partial charge in [-0.2, -0.15) is 0 Å². The van der Waals surface area contributed by atoms with Crippen LogP contribution in [0.15, 0.2) is 18.2 Å². The second-order valence-corrected chi connectivity index (χ2v) is 5.36. The maximum Gasteiger partial charge on any atom is 0.253 e. The number of ether oxygens (including phenoxy) is 1. The van der Waals surface area contributed by atoms with Crippen molar-refractivity contribution in [1.29, 1.82) is 0 Å². The number of carbonyl (C=O) groups excluding carboxylic acids is 1. The fourth-order valence-corrected chi connectivity index (χ4v) is 2.48. The first kappa shape index (κ1) is 15.6. The molecule has 1 amide bonds. The van der Waals surface area contributed by atoms with E-state index in [1.54, 1.807) is 4.90 Å². The van der Waals surface area contributed by atoms with Crippen LogP contribution in [0.25, 0.3) is 0 Å². The van der Waals surface area contributed by atoms with Gasteiger partial charge in [-0.1, -0.05) is 11.8 Å². The zero-order chi connectivity index (χ0) is 15.2. The highest BCUT2D eigenvalue weighted by molar-refractivity contribution is 5.94. The molecule has 1 aromatic rings. The Balaban J connectivity index is 2.06. The molecule has 4 heteroatoms. The van der Waals surface area contributed by atoms with Gasteiger partial charge >= 0.3 is 0 Å². The zero-order valence-electron chi connectivity index (χ0n) is 12.7. The third-order valence-electron chi connectivity index (χ3n) is 3.65. The van der Waals surface area contributed by atoms with E-state index in [4.69, 9.17) is 10.5 Å². The number of hydrogen-bond donors (Lipinski definition) is 1. The molecule has 112 valence electrons. The molecule has 21 heavy (non-hydrogen) atoms. The highest BCUT2D eigenvalue weighted by Gasteiger charge is 2.21. The van der Waals surface area contributed by atoms with Crippen molar-refractivity contribution >= 4 is 5.91 Å². The number of benzene rings is 1. The molecular weight excluding hydrogens is 264 g/mol. The lowest BCUT2D eigenvalue weighted by Crippen LogP contribution is -2.34. The van der Waals surface area contributed by atoms with Crippen LogP contribution in [0.2, 0.25) is 0 Å². The predicted molar refractivity (Wildman–Crippen MR) is 83.0 cm³/mol. The fraction of sp³-hybridized carbons (Fsp3) is 0.471. The quantitative estimate of drug-likeness (QED) is 0.858. The third-order valence-corrected chi connectivity index (χ3v) is 3.65. The van der Waals surface area contributed by atoms with Crippen LogP contribution in [0, 0.1) is 18.8 Å². The topological polar surface area (TPSA) is 55.6 Å². The van der Waals surface area contributed by atoms with E-state index in [0.29, 0.717) is 18.7 Å². The number of amides is 1. The summed E-state index contributed by atoms with van der Waals surface area (Å²) >= 11 is 0. The van der Waals surface area contributed by atoms with Gasteiger partial charge in [-0.15, -0.1) is 0 Å². The normalized spacial score (nSPS) is 17.2. The predicted octanol–water partition coefficient (Wildman–Crippen LogP) is 1.56. The van der Waals surface area contributed by atoms with Crippen molar-refractivity contribution in [3.05, 3.63) is 34.9 Å². The van der Waals surface area contributed by atoms with Crippen LogP contribution in [0.5, 0.6) is 0 Å². The lowest BCUT2D eigenvalue weighted by molar-refractivity contribution is 0.0587. The summed E-state index contributed by atoms with van der Waals surface area (Å²) in [5.74, 6) is 5.86. The van der Waals surface area contributed by atoms with Gasteiger partial charge in [0.15, 0.2) is 0 Å². The number of nitrogens with zero attached hydrogens (tertiary/aromatic N) is 1. The summed E-state index contributed by atoms with van der Waals surface area (Å²) < 4.78 is 5.57. The van der Waals surface area contributed by atoms with Crippen LogP contribution < -0.4 is 5.73 Å². The van der Waals surface area contributed by atoms with Gasteiger partial charge in [-0.25, -0.2) is 0 Å². The second kappa shape index (κ2) is 7.26. The lowest BCUT2D eigenvalue weighted by Gasteiger charge is -2.21. The number of rotatable bonds is 3. The Morgan fingerprint density at radius 3 is 2.95 bits per heavy atom. The van der Waals surface area contributed by atoms with Crippen LogP contribution in [-0.2, 0) is 4.74 Å². The standard InChI is InChI=1S/C17H22N2O2/c1-13-11-15(8-7-14(13)5-3-9-18)17(20)19(2)12-16-6-4-10-21-16/h7-8,11,16H,4,6,9-10,12,18H2,1-2H3. The summed E-state index contributed by atoms with van der Waals surface area (Å²) in [5, 5.41) is 0. The monoisotopic (exact) mass is 286 g/mol. The molecule has 1 aromatic carbocycles. The van der Waals surface area contributed by atoms with Gasteiger partial charge in [0.05, 0.1) is 12.6 Å². The number of carbonyl (C=O) groups is 1. The summed E-state index contributed by atoms with van der Waals surface area (Å²) in [6, 6.07) is 5.59. The van der Waals surface area contributed by atoms with Crippen molar-refractivity contribution in [2.45, 2.75) is 25.9 Å². The largest absolute Gasteiger partial charge is 0.376 e. The fourth-order valence-electron chi connectivity index (χ4n) is 2.48. The molecule has 0 aromatic heterocycles. The Hall–Kier alpha value is -1.83. The number of likely N-dealkylation sites (N-methyl/N-ethyl adjacent to an activating group) is 1. The first-order chi connectivity index (χ1) is 10.1. The van der Waals surface area contributed by atoms with Crippen molar-refractivity contribution in [1.82, 2.24) is 4.90 Å². The maximum absolute atomic E-state index is 12.4. The average molecular weight is 286 g/mol. The van der Waals surface area contributed by atoms with Crippen molar-refractivity contribution in [3.63, 3.8) is 0 Å². The van der Waals surface area contributed by atoms with Gasteiger partial charge in [0.2, 0.25) is 0 Å². The van der Waals surface area contributed by atoms with Crippen LogP contribution >= 0.6 is 0 Å². The smallest absolute Gasteiger partial charge is 0.253 e. The molecule has 2 N–H and O–H groups in total. The van der Waals surface area contributed by atoms with Crippen molar-refractivity contribution in [2.75, 3.05) is 26.7 Å². The Morgan fingerprint density at radius 1 is 1.52 bits per heavy atom. The van der Waals surface area contributed by atoms with Gasteiger partial charge in [0.25, 0.3) is 5.91 Å². The van der Waals surface area contributed by atoms with Gasteiger partial charge in [0.1, 0.15) is 0 Å². The molecule has 0 aliphatic carbocycles. The van der Waals surface area contributed by atoms with Crippen LogP contribution in [-0.4, -0.2) is 43.7 Å². The number of aryl methyl sites for hydroxylation is 1. The summed E-state index contributed by atoms with van der Waals surface area (Å²) in [4.78, 5) is 14.2.